The van der Waals surface area contributed by atoms with Crippen molar-refractivity contribution in [2.24, 2.45) is 29.6 Å². The van der Waals surface area contributed by atoms with Crippen LogP contribution in [0.5, 0.6) is 0 Å². The number of carbonyl (C=O) groups excluding carboxylic acids is 2. The monoisotopic (exact) mass is 334 g/mol. The van der Waals surface area contributed by atoms with Crippen molar-refractivity contribution >= 4 is 11.8 Å². The van der Waals surface area contributed by atoms with Crippen LogP contribution in [0, 0.1) is 29.6 Å². The van der Waals surface area contributed by atoms with E-state index < -0.39 is 0 Å². The van der Waals surface area contributed by atoms with E-state index in [2.05, 4.69) is 5.32 Å². The van der Waals surface area contributed by atoms with Crippen LogP contribution < -0.4 is 5.32 Å². The maximum absolute atomic E-state index is 12.8. The number of likely N-dealkylation sites (tertiary alicyclic amines) is 1. The summed E-state index contributed by atoms with van der Waals surface area (Å²) in [6, 6.07) is 0.429. The van der Waals surface area contributed by atoms with Crippen molar-refractivity contribution in [2.45, 2.75) is 51.0 Å². The van der Waals surface area contributed by atoms with Gasteiger partial charge in [0, 0.05) is 32.2 Å². The van der Waals surface area contributed by atoms with Crippen LogP contribution in [0.3, 0.4) is 0 Å². The lowest BCUT2D eigenvalue weighted by Crippen LogP contribution is -2.57. The van der Waals surface area contributed by atoms with E-state index in [1.165, 1.54) is 32.1 Å². The third-order valence-electron chi connectivity index (χ3n) is 7.02. The van der Waals surface area contributed by atoms with Gasteiger partial charge in [-0.25, -0.2) is 0 Å². The Kier molecular flexibility index (Phi) is 4.54. The second kappa shape index (κ2) is 6.66. The Balaban J connectivity index is 1.29. The summed E-state index contributed by atoms with van der Waals surface area (Å²) < 4.78 is 4.92. The average molecular weight is 334 g/mol. The highest BCUT2D eigenvalue weighted by molar-refractivity contribution is 5.80. The number of carbonyl (C=O) groups is 2. The van der Waals surface area contributed by atoms with Gasteiger partial charge in [0.1, 0.15) is 6.61 Å². The molecule has 0 aromatic rings. The average Bonchev–Trinajstić information content (AvgIpc) is 2.57. The van der Waals surface area contributed by atoms with Gasteiger partial charge in [0.05, 0.1) is 0 Å². The molecular formula is C19H30N2O3. The molecule has 0 atom stereocenters. The molecule has 2 amide bonds. The summed E-state index contributed by atoms with van der Waals surface area (Å²) in [5, 5.41) is 3.43. The second-order valence-corrected chi connectivity index (χ2v) is 8.55. The van der Waals surface area contributed by atoms with E-state index in [-0.39, 0.29) is 24.3 Å². The number of amides is 2. The summed E-state index contributed by atoms with van der Waals surface area (Å²) >= 11 is 0. The molecule has 1 heterocycles. The zero-order valence-electron chi connectivity index (χ0n) is 14.7. The number of nitrogens with one attached hydrogen (secondary N) is 1. The molecule has 0 aromatic carbocycles. The van der Waals surface area contributed by atoms with Crippen LogP contribution in [0.2, 0.25) is 0 Å². The van der Waals surface area contributed by atoms with Crippen LogP contribution in [0.15, 0.2) is 0 Å². The van der Waals surface area contributed by atoms with Gasteiger partial charge in [-0.15, -0.1) is 0 Å². The van der Waals surface area contributed by atoms with E-state index in [0.29, 0.717) is 19.1 Å². The van der Waals surface area contributed by atoms with Gasteiger partial charge in [-0.1, -0.05) is 0 Å². The van der Waals surface area contributed by atoms with E-state index in [9.17, 15) is 9.59 Å². The topological polar surface area (TPSA) is 58.6 Å². The first-order valence-corrected chi connectivity index (χ1v) is 9.71. The molecule has 0 unspecified atom stereocenters. The molecule has 0 aromatic heterocycles. The van der Waals surface area contributed by atoms with Crippen molar-refractivity contribution in [3.63, 3.8) is 0 Å². The lowest BCUT2D eigenvalue weighted by Gasteiger charge is -2.54. The fourth-order valence-electron chi connectivity index (χ4n) is 6.05. The van der Waals surface area contributed by atoms with Gasteiger partial charge in [0.15, 0.2) is 0 Å². The molecule has 5 heteroatoms. The number of hydrogen-bond donors (Lipinski definition) is 1. The highest BCUT2D eigenvalue weighted by Crippen LogP contribution is 2.53. The highest BCUT2D eigenvalue weighted by Gasteiger charge is 2.48. The minimum Gasteiger partial charge on any atom is -0.375 e. The first kappa shape index (κ1) is 16.4. The zero-order valence-corrected chi connectivity index (χ0v) is 14.7. The standard InChI is InChI=1S/C19H30N2O3/c1-24-11-17(22)21-4-2-14(3-5-21)19(23)20-18-15-7-12-6-13(9-15)10-16(18)8-12/h12-16,18H,2-11H2,1H3,(H,20,23). The molecule has 1 aliphatic heterocycles. The normalized spacial score (nSPS) is 38.4. The molecule has 24 heavy (non-hydrogen) atoms. The predicted molar refractivity (Wildman–Crippen MR) is 90.2 cm³/mol. The van der Waals surface area contributed by atoms with Crippen LogP contribution in [-0.2, 0) is 14.3 Å². The molecule has 1 N–H and O–H groups in total. The maximum atomic E-state index is 12.8. The summed E-state index contributed by atoms with van der Waals surface area (Å²) in [5.41, 5.74) is 0. The Morgan fingerprint density at radius 3 is 2.12 bits per heavy atom. The second-order valence-electron chi connectivity index (χ2n) is 8.55. The van der Waals surface area contributed by atoms with Crippen molar-refractivity contribution in [2.75, 3.05) is 26.8 Å². The molecule has 1 saturated heterocycles. The van der Waals surface area contributed by atoms with Gasteiger partial charge in [-0.3, -0.25) is 9.59 Å². The fraction of sp³-hybridized carbons (Fsp3) is 0.895. The van der Waals surface area contributed by atoms with Crippen molar-refractivity contribution in [1.82, 2.24) is 10.2 Å². The lowest BCUT2D eigenvalue weighted by atomic mass is 9.54. The number of hydrogen-bond acceptors (Lipinski definition) is 3. The molecule has 4 aliphatic carbocycles. The predicted octanol–water partition coefficient (Wildman–Crippen LogP) is 1.81. The minimum atomic E-state index is 0.0393. The molecule has 5 rings (SSSR count). The van der Waals surface area contributed by atoms with E-state index in [0.717, 1.165) is 36.5 Å². The summed E-state index contributed by atoms with van der Waals surface area (Å²) in [7, 11) is 1.54. The van der Waals surface area contributed by atoms with Gasteiger partial charge < -0.3 is 15.0 Å². The van der Waals surface area contributed by atoms with Crippen LogP contribution in [0.4, 0.5) is 0 Å². The number of ether oxygens (including phenoxy) is 1. The van der Waals surface area contributed by atoms with Gasteiger partial charge in [-0.2, -0.15) is 0 Å². The van der Waals surface area contributed by atoms with Crippen LogP contribution in [0.1, 0.15) is 44.9 Å². The summed E-state index contributed by atoms with van der Waals surface area (Å²) in [4.78, 5) is 26.4. The molecule has 134 valence electrons. The molecule has 0 radical (unpaired) electrons. The Morgan fingerprint density at radius 1 is 1.00 bits per heavy atom. The molecule has 5 fully saturated rings. The van der Waals surface area contributed by atoms with Crippen LogP contribution in [0.25, 0.3) is 0 Å². The summed E-state index contributed by atoms with van der Waals surface area (Å²) in [6.45, 7) is 1.51. The quantitative estimate of drug-likeness (QED) is 0.853. The number of methoxy groups -OCH3 is 1. The third-order valence-corrected chi connectivity index (χ3v) is 7.02. The zero-order chi connectivity index (χ0) is 16.7. The Labute approximate surface area is 144 Å². The first-order chi connectivity index (χ1) is 11.6. The Morgan fingerprint density at radius 2 is 1.58 bits per heavy atom. The summed E-state index contributed by atoms with van der Waals surface area (Å²) in [6.07, 6.45) is 8.36. The Bertz CT molecular complexity index is 471. The maximum Gasteiger partial charge on any atom is 0.248 e. The van der Waals surface area contributed by atoms with E-state index in [4.69, 9.17) is 4.74 Å². The van der Waals surface area contributed by atoms with Gasteiger partial charge in [0.2, 0.25) is 11.8 Å². The SMILES string of the molecule is COCC(=O)N1CCC(C(=O)NC2C3CC4CC(C3)CC2C4)CC1. The molecule has 5 nitrogen and oxygen atoms in total. The Hall–Kier alpha value is -1.10. The molecule has 4 saturated carbocycles. The molecule has 0 spiro atoms. The summed E-state index contributed by atoms with van der Waals surface area (Å²) in [5.74, 6) is 3.70. The largest absolute Gasteiger partial charge is 0.375 e. The first-order valence-electron chi connectivity index (χ1n) is 9.71. The number of piperidine rings is 1. The van der Waals surface area contributed by atoms with Crippen LogP contribution >= 0.6 is 0 Å². The fourth-order valence-corrected chi connectivity index (χ4v) is 6.05. The third kappa shape index (κ3) is 3.07. The van der Waals surface area contributed by atoms with E-state index >= 15 is 0 Å². The van der Waals surface area contributed by atoms with Crippen LogP contribution in [-0.4, -0.2) is 49.6 Å². The number of nitrogens with zero attached hydrogens (tertiary/aromatic N) is 1. The molecule has 5 aliphatic rings. The molecule has 4 bridgehead atoms. The molecular weight excluding hydrogens is 304 g/mol. The van der Waals surface area contributed by atoms with Gasteiger partial charge >= 0.3 is 0 Å². The smallest absolute Gasteiger partial charge is 0.248 e. The lowest BCUT2D eigenvalue weighted by molar-refractivity contribution is -0.139. The van der Waals surface area contributed by atoms with Crippen molar-refractivity contribution in [1.29, 1.82) is 0 Å². The minimum absolute atomic E-state index is 0.0393. The van der Waals surface area contributed by atoms with Gasteiger partial charge in [0.25, 0.3) is 0 Å². The van der Waals surface area contributed by atoms with E-state index in [1.807, 2.05) is 4.90 Å². The number of rotatable bonds is 4. The van der Waals surface area contributed by atoms with E-state index in [1.54, 1.807) is 7.11 Å². The highest BCUT2D eigenvalue weighted by atomic mass is 16.5. The van der Waals surface area contributed by atoms with Crippen molar-refractivity contribution < 1.29 is 14.3 Å². The van der Waals surface area contributed by atoms with Gasteiger partial charge in [-0.05, 0) is 68.6 Å². The van der Waals surface area contributed by atoms with Crippen molar-refractivity contribution in [3.8, 4) is 0 Å². The van der Waals surface area contributed by atoms with Crippen molar-refractivity contribution in [3.05, 3.63) is 0 Å².